The van der Waals surface area contributed by atoms with E-state index in [2.05, 4.69) is 108 Å². The van der Waals surface area contributed by atoms with E-state index in [1.165, 1.54) is 31.3 Å². The predicted octanol–water partition coefficient (Wildman–Crippen LogP) is 21.6. The maximum Gasteiger partial charge on any atom is 0.255 e. The summed E-state index contributed by atoms with van der Waals surface area (Å²) in [6.07, 6.45) is 29.3. The number of benzene rings is 9. The van der Waals surface area contributed by atoms with Crippen LogP contribution in [0.1, 0.15) is 239 Å². The van der Waals surface area contributed by atoms with Crippen LogP contribution in [0.2, 0.25) is 0 Å². The molecule has 752 valence electrons. The lowest BCUT2D eigenvalue weighted by Gasteiger charge is -2.28. The van der Waals surface area contributed by atoms with Crippen molar-refractivity contribution in [2.24, 2.45) is 20.6 Å². The molecule has 0 spiro atoms. The molecule has 11 rings (SSSR count). The number of carbonyl (C=O) groups excluding carboxylic acids is 4. The van der Waals surface area contributed by atoms with Crippen LogP contribution in [-0.2, 0) is 40.1 Å². The van der Waals surface area contributed by atoms with Crippen molar-refractivity contribution >= 4 is 92.2 Å². The molecule has 9 aromatic carbocycles. The van der Waals surface area contributed by atoms with Crippen molar-refractivity contribution in [3.05, 3.63) is 271 Å². The average Bonchev–Trinajstić information content (AvgIpc) is 1.23. The lowest BCUT2D eigenvalue weighted by atomic mass is 10.1. The Morgan fingerprint density at radius 3 is 0.835 bits per heavy atom. The van der Waals surface area contributed by atoms with Gasteiger partial charge in [-0.05, 0) is 185 Å². The van der Waals surface area contributed by atoms with E-state index in [0.717, 1.165) is 134 Å². The fraction of sp³-hybridized carbons (Fsp3) is 0.377. The topological polar surface area (TPSA) is 423 Å². The quantitative estimate of drug-likeness (QED) is 0.0160. The number of anilines is 5. The normalized spacial score (nSPS) is 11.5. The molecule has 33 heteroatoms. The van der Waals surface area contributed by atoms with Crippen LogP contribution < -0.4 is 80.4 Å². The number of aromatic nitrogens is 1. The Balaban J connectivity index is 0.000000248. The van der Waals surface area contributed by atoms with Crippen molar-refractivity contribution in [3.63, 3.8) is 0 Å². The third-order valence-corrected chi connectivity index (χ3v) is 25.7. The summed E-state index contributed by atoms with van der Waals surface area (Å²) in [7, 11) is -15.2. The zero-order valence-corrected chi connectivity index (χ0v) is 85.3. The van der Waals surface area contributed by atoms with Gasteiger partial charge < -0.3 is 64.8 Å². The fourth-order valence-electron chi connectivity index (χ4n) is 14.5. The summed E-state index contributed by atoms with van der Waals surface area (Å²) in [6, 6.07) is 60.7. The number of sulfonamides is 4. The van der Waals surface area contributed by atoms with Gasteiger partial charge in [0.25, 0.3) is 23.6 Å². The molecule has 1 aromatic heterocycles. The number of rotatable bonds is 51. The maximum atomic E-state index is 13.2. The van der Waals surface area contributed by atoms with Crippen molar-refractivity contribution < 1.29 is 71.8 Å². The molecular formula is C106H143N13O16S4. The molecule has 0 fully saturated rings. The highest BCUT2D eigenvalue weighted by Gasteiger charge is 2.32. The molecule has 0 saturated heterocycles. The zero-order chi connectivity index (χ0) is 101. The number of allylic oxidation sites excluding steroid dienone is 3. The van der Waals surface area contributed by atoms with E-state index < -0.39 is 57.8 Å². The molecule has 0 radical (unpaired) electrons. The first-order valence-corrected chi connectivity index (χ1v) is 54.3. The second-order valence-corrected chi connectivity index (χ2v) is 39.4. The van der Waals surface area contributed by atoms with Gasteiger partial charge in [-0.15, -0.1) is 0 Å². The molecule has 29 nitrogen and oxygen atoms in total. The first-order valence-electron chi connectivity index (χ1n) is 48.2. The highest BCUT2D eigenvalue weighted by atomic mass is 32.2. The Hall–Kier alpha value is -12.3. The SMILES string of the molecule is CCCCCCNC(=O)c1cc(N(CCCC)CCCC)c(Oc2ccccc2)c(S(N)(=O)=O)c1.CCCCN(CCCC)c1cc(C(=O)NC)cc(S(N)(=O)=O)c1Oc1ccccc1.CCCCN(CCCC)c1cc(C(=O)NC2=CC=CC2)cc(S(N)(=O)=O)c1Oc1ccccc1.CCCCN(CCCC)c1cc(C(=O)Nc2ccccc2)cc(S(N)(=O)=O)c1Oc1ccccc1.c1cc[nH]c1. The van der Waals surface area contributed by atoms with Crippen LogP contribution >= 0.6 is 0 Å². The monoisotopic (exact) mass is 1980 g/mol. The second-order valence-electron chi connectivity index (χ2n) is 33.3. The molecular weight excluding hydrogens is 1840 g/mol. The van der Waals surface area contributed by atoms with Crippen LogP contribution in [0.5, 0.6) is 46.0 Å². The third kappa shape index (κ3) is 38.1. The van der Waals surface area contributed by atoms with E-state index >= 15 is 0 Å². The number of H-pyrrole nitrogens is 1. The molecule has 0 unspecified atom stereocenters. The predicted molar refractivity (Wildman–Crippen MR) is 560 cm³/mol. The number of nitrogens with two attached hydrogens (primary N) is 4. The van der Waals surface area contributed by atoms with E-state index in [1.54, 1.807) is 109 Å². The minimum absolute atomic E-state index is 0.127. The van der Waals surface area contributed by atoms with Crippen LogP contribution in [0.25, 0.3) is 0 Å². The van der Waals surface area contributed by atoms with Crippen LogP contribution in [-0.4, -0.2) is 128 Å². The van der Waals surface area contributed by atoms with Crippen LogP contribution in [0.4, 0.5) is 28.4 Å². The van der Waals surface area contributed by atoms with Gasteiger partial charge in [0.2, 0.25) is 40.1 Å². The first kappa shape index (κ1) is 114. The Morgan fingerprint density at radius 1 is 0.324 bits per heavy atom. The average molecular weight is 1980 g/mol. The Kier molecular flexibility index (Phi) is 48.9. The molecule has 1 aliphatic carbocycles. The van der Waals surface area contributed by atoms with Crippen molar-refractivity contribution in [2.75, 3.05) is 90.9 Å². The van der Waals surface area contributed by atoms with Crippen molar-refractivity contribution in [1.82, 2.24) is 20.9 Å². The molecule has 0 saturated carbocycles. The van der Waals surface area contributed by atoms with Crippen LogP contribution in [0, 0.1) is 0 Å². The molecule has 4 amide bonds. The number of primary sulfonamides is 4. The van der Waals surface area contributed by atoms with Gasteiger partial charge in [-0.25, -0.2) is 54.2 Å². The second kappa shape index (κ2) is 59.8. The van der Waals surface area contributed by atoms with Gasteiger partial charge in [0, 0.05) is 118 Å². The zero-order valence-electron chi connectivity index (χ0n) is 82.1. The van der Waals surface area contributed by atoms with Gasteiger partial charge in [-0.1, -0.05) is 236 Å². The van der Waals surface area contributed by atoms with Crippen molar-refractivity contribution in [2.45, 2.75) is 217 Å². The fourth-order valence-corrected chi connectivity index (χ4v) is 17.2. The van der Waals surface area contributed by atoms with Crippen LogP contribution in [0.3, 0.4) is 0 Å². The number of aromatic amines is 1. The van der Waals surface area contributed by atoms with E-state index in [4.69, 9.17) is 39.5 Å². The van der Waals surface area contributed by atoms with E-state index in [-0.39, 0.29) is 70.7 Å². The summed E-state index contributed by atoms with van der Waals surface area (Å²) >= 11 is 0. The number of nitrogens with one attached hydrogen (secondary N) is 5. The van der Waals surface area contributed by atoms with Gasteiger partial charge in [0.05, 0.1) is 22.7 Å². The van der Waals surface area contributed by atoms with Crippen molar-refractivity contribution in [3.8, 4) is 46.0 Å². The highest BCUT2D eigenvalue weighted by Crippen LogP contribution is 2.45. The Morgan fingerprint density at radius 2 is 0.590 bits per heavy atom. The number of nitrogens with zero attached hydrogens (tertiary/aromatic N) is 4. The molecule has 139 heavy (non-hydrogen) atoms. The third-order valence-electron chi connectivity index (χ3n) is 22.0. The standard InChI is InChI=1S/C27H33N3O4S.C27H41N3O4S.C26H33N3O4S.C22H31N3O4S.C4H5N/c1-3-5-17-30(18-6-4-2)24-19-21(27(31)29-22-13-9-7-10-14-22)20-25(35(28,32)33)26(24)34-23-15-11-8-12-16-23;1-4-7-10-14-17-29-27(31)22-20-24(30(18-8-5-2)19-9-6-3)26(25(21-22)35(28,32)33)34-23-15-12-11-13-16-23;1-3-5-16-29(17-6-4-2)23-18-20(26(30)28-21-12-10-11-13-21)19-24(34(27,31)32)25(23)33-22-14-8-7-9-15-22;1-4-6-13-25(14-7-5-2)19-15-17(22(26)24-3)16-20(30(23,27)28)21(19)29-18-11-9-8-10-12-18;1-2-4-5-3-1/h7-16,19-20H,3-6,17-18H2,1-2H3,(H,29,31)(H2,28,32,33);11-13,15-16,20-21H,4-10,14,17-19H2,1-3H3,(H,29,31)(H2,28,32,33);7-12,14-15,18-19H,3-6,13,16-17H2,1-2H3,(H,28,30)(H2,27,31,32);8-12,15-16H,4-7,13-14H2,1-3H3,(H,24,26)(H2,23,27,28);1-5H. The van der Waals surface area contributed by atoms with Gasteiger partial charge in [0.1, 0.15) is 42.6 Å². The summed E-state index contributed by atoms with van der Waals surface area (Å²) in [5.41, 5.74) is 4.42. The summed E-state index contributed by atoms with van der Waals surface area (Å²) in [6.45, 7) is 25.1. The molecule has 1 aliphatic rings. The Labute approximate surface area is 824 Å². The molecule has 0 aliphatic heterocycles. The van der Waals surface area contributed by atoms with E-state index in [0.29, 0.717) is 117 Å². The van der Waals surface area contributed by atoms with Gasteiger partial charge in [-0.2, -0.15) is 0 Å². The molecule has 1 heterocycles. The number of ether oxygens (including phenoxy) is 4. The summed E-state index contributed by atoms with van der Waals surface area (Å²) in [5, 5.41) is 33.6. The summed E-state index contributed by atoms with van der Waals surface area (Å²) < 4.78 is 126. The largest absolute Gasteiger partial charge is 0.454 e. The van der Waals surface area contributed by atoms with Gasteiger partial charge in [0.15, 0.2) is 23.0 Å². The van der Waals surface area contributed by atoms with Crippen molar-refractivity contribution in [1.29, 1.82) is 0 Å². The number of hydrogen-bond donors (Lipinski definition) is 9. The van der Waals surface area contributed by atoms with Crippen LogP contribution in [0.15, 0.2) is 268 Å². The smallest absolute Gasteiger partial charge is 0.255 e. The molecule has 0 bridgehead atoms. The number of para-hydroxylation sites is 5. The molecule has 10 aromatic rings. The number of hydrogen-bond acceptors (Lipinski definition) is 20. The minimum atomic E-state index is -4.21. The molecule has 13 N–H and O–H groups in total. The minimum Gasteiger partial charge on any atom is -0.454 e. The number of amides is 4. The lowest BCUT2D eigenvalue weighted by Crippen LogP contribution is -2.29. The number of carbonyl (C=O) groups is 4. The van der Waals surface area contributed by atoms with Gasteiger partial charge >= 0.3 is 0 Å². The lowest BCUT2D eigenvalue weighted by molar-refractivity contribution is 0.0947. The van der Waals surface area contributed by atoms with E-state index in [1.807, 2.05) is 109 Å². The highest BCUT2D eigenvalue weighted by molar-refractivity contribution is 7.90. The number of unbranched alkanes of at least 4 members (excludes halogenated alkanes) is 11. The Bertz CT molecular complexity index is 5940. The van der Waals surface area contributed by atoms with E-state index in [9.17, 15) is 52.8 Å². The maximum absolute atomic E-state index is 13.2. The molecule has 0 atom stereocenters. The first-order chi connectivity index (χ1) is 66.8. The summed E-state index contributed by atoms with van der Waals surface area (Å²) in [4.78, 5) is 62.0. The van der Waals surface area contributed by atoms with Gasteiger partial charge in [-0.3, -0.25) is 19.2 Å². The summed E-state index contributed by atoms with van der Waals surface area (Å²) in [5.74, 6) is 0.987.